The van der Waals surface area contributed by atoms with Crippen LogP contribution >= 0.6 is 0 Å². The smallest absolute Gasteiger partial charge is 0.338 e. The number of nitrogens with zero attached hydrogens (tertiary/aromatic N) is 2. The standard InChI is InChI=1S/C22H25FN2O5/c1-15-19(28-2)12-16(13-20(15)29-3)22(27)30-14-21(26)25-10-8-24(9-11-25)18-6-4-17(23)5-7-18/h4-7,12-13H,8-11,14H2,1-3H3. The number of benzene rings is 2. The van der Waals surface area contributed by atoms with Crippen molar-refractivity contribution in [3.63, 3.8) is 0 Å². The lowest BCUT2D eigenvalue weighted by Crippen LogP contribution is -2.49. The van der Waals surface area contributed by atoms with Gasteiger partial charge in [0.1, 0.15) is 17.3 Å². The van der Waals surface area contributed by atoms with Crippen molar-refractivity contribution in [2.75, 3.05) is 51.9 Å². The van der Waals surface area contributed by atoms with E-state index in [4.69, 9.17) is 14.2 Å². The van der Waals surface area contributed by atoms with E-state index in [-0.39, 0.29) is 23.9 Å². The Hall–Kier alpha value is -3.29. The van der Waals surface area contributed by atoms with E-state index in [1.807, 2.05) is 6.92 Å². The van der Waals surface area contributed by atoms with Crippen molar-refractivity contribution >= 4 is 17.6 Å². The second kappa shape index (κ2) is 9.47. The first-order valence-electron chi connectivity index (χ1n) is 9.61. The van der Waals surface area contributed by atoms with Gasteiger partial charge >= 0.3 is 5.97 Å². The van der Waals surface area contributed by atoms with Gasteiger partial charge in [0.2, 0.25) is 0 Å². The molecule has 0 bridgehead atoms. The van der Waals surface area contributed by atoms with E-state index in [0.29, 0.717) is 37.7 Å². The molecular weight excluding hydrogens is 391 g/mol. The summed E-state index contributed by atoms with van der Waals surface area (Å²) in [5, 5.41) is 0. The zero-order valence-corrected chi connectivity index (χ0v) is 17.3. The average Bonchev–Trinajstić information content (AvgIpc) is 2.78. The van der Waals surface area contributed by atoms with E-state index in [1.54, 1.807) is 29.2 Å². The number of hydrogen-bond donors (Lipinski definition) is 0. The predicted octanol–water partition coefficient (Wildman–Crippen LogP) is 2.66. The largest absolute Gasteiger partial charge is 0.496 e. The molecule has 0 spiro atoms. The summed E-state index contributed by atoms with van der Waals surface area (Å²) in [6, 6.07) is 9.40. The Bertz CT molecular complexity index is 883. The van der Waals surface area contributed by atoms with Crippen molar-refractivity contribution in [1.82, 2.24) is 4.90 Å². The second-order valence-electron chi connectivity index (χ2n) is 6.93. The van der Waals surface area contributed by atoms with E-state index < -0.39 is 5.97 Å². The van der Waals surface area contributed by atoms with Gasteiger partial charge in [-0.15, -0.1) is 0 Å². The predicted molar refractivity (Wildman–Crippen MR) is 110 cm³/mol. The van der Waals surface area contributed by atoms with E-state index in [1.165, 1.54) is 26.4 Å². The summed E-state index contributed by atoms with van der Waals surface area (Å²) in [5.41, 5.74) is 1.94. The van der Waals surface area contributed by atoms with E-state index in [2.05, 4.69) is 4.90 Å². The molecule has 0 atom stereocenters. The Labute approximate surface area is 174 Å². The van der Waals surface area contributed by atoms with Crippen molar-refractivity contribution in [2.24, 2.45) is 0 Å². The molecule has 1 aliphatic rings. The highest BCUT2D eigenvalue weighted by Crippen LogP contribution is 2.29. The van der Waals surface area contributed by atoms with E-state index in [0.717, 1.165) is 11.3 Å². The molecule has 1 fully saturated rings. The van der Waals surface area contributed by atoms with Crippen LogP contribution < -0.4 is 14.4 Å². The van der Waals surface area contributed by atoms with Gasteiger partial charge in [-0.3, -0.25) is 4.79 Å². The lowest BCUT2D eigenvalue weighted by atomic mass is 10.1. The molecular formula is C22H25FN2O5. The van der Waals surface area contributed by atoms with Gasteiger partial charge in [-0.1, -0.05) is 0 Å². The fraction of sp³-hybridized carbons (Fsp3) is 0.364. The monoisotopic (exact) mass is 416 g/mol. The number of rotatable bonds is 6. The first-order chi connectivity index (χ1) is 14.4. The Kier molecular flexibility index (Phi) is 6.76. The van der Waals surface area contributed by atoms with Crippen LogP contribution in [0.3, 0.4) is 0 Å². The van der Waals surface area contributed by atoms with E-state index >= 15 is 0 Å². The lowest BCUT2D eigenvalue weighted by molar-refractivity contribution is -0.134. The fourth-order valence-corrected chi connectivity index (χ4v) is 3.37. The molecule has 0 saturated carbocycles. The number of carbonyl (C=O) groups is 2. The second-order valence-corrected chi connectivity index (χ2v) is 6.93. The average molecular weight is 416 g/mol. The van der Waals surface area contributed by atoms with Crippen LogP contribution in [0.5, 0.6) is 11.5 Å². The lowest BCUT2D eigenvalue weighted by Gasteiger charge is -2.36. The Balaban J connectivity index is 1.53. The van der Waals surface area contributed by atoms with Crippen LogP contribution in [-0.4, -0.2) is 63.8 Å². The number of esters is 1. The molecule has 2 aromatic carbocycles. The summed E-state index contributed by atoms with van der Waals surface area (Å²) in [7, 11) is 3.01. The fourth-order valence-electron chi connectivity index (χ4n) is 3.37. The van der Waals surface area contributed by atoms with Gasteiger partial charge in [-0.2, -0.15) is 0 Å². The topological polar surface area (TPSA) is 68.3 Å². The minimum atomic E-state index is -0.620. The molecule has 1 amide bonds. The molecule has 7 nitrogen and oxygen atoms in total. The molecule has 1 aliphatic heterocycles. The van der Waals surface area contributed by atoms with Crippen LogP contribution in [0.25, 0.3) is 0 Å². The van der Waals surface area contributed by atoms with Crippen molar-refractivity contribution in [1.29, 1.82) is 0 Å². The number of anilines is 1. The summed E-state index contributed by atoms with van der Waals surface area (Å²) in [5.74, 6) is -0.148. The molecule has 160 valence electrons. The Morgan fingerprint density at radius 2 is 1.53 bits per heavy atom. The van der Waals surface area contributed by atoms with Gasteiger partial charge in [0.15, 0.2) is 6.61 Å². The van der Waals surface area contributed by atoms with Gasteiger partial charge in [0.05, 0.1) is 19.8 Å². The molecule has 0 aromatic heterocycles. The normalized spacial score (nSPS) is 13.7. The summed E-state index contributed by atoms with van der Waals surface area (Å²) in [6.45, 7) is 3.73. The quantitative estimate of drug-likeness (QED) is 0.675. The van der Waals surface area contributed by atoms with Crippen LogP contribution in [0, 0.1) is 12.7 Å². The van der Waals surface area contributed by atoms with Gasteiger partial charge in [0.25, 0.3) is 5.91 Å². The maximum absolute atomic E-state index is 13.1. The number of piperazine rings is 1. The summed E-state index contributed by atoms with van der Waals surface area (Å²) >= 11 is 0. The SMILES string of the molecule is COc1cc(C(=O)OCC(=O)N2CCN(c3ccc(F)cc3)CC2)cc(OC)c1C. The third-order valence-electron chi connectivity index (χ3n) is 5.14. The Morgan fingerprint density at radius 1 is 0.967 bits per heavy atom. The van der Waals surface area contributed by atoms with Crippen molar-refractivity contribution < 1.29 is 28.2 Å². The van der Waals surface area contributed by atoms with Gasteiger partial charge in [-0.05, 0) is 43.3 Å². The van der Waals surface area contributed by atoms with Crippen LogP contribution in [0.1, 0.15) is 15.9 Å². The number of halogens is 1. The van der Waals surface area contributed by atoms with Crippen LogP contribution in [-0.2, 0) is 9.53 Å². The first kappa shape index (κ1) is 21.4. The minimum absolute atomic E-state index is 0.253. The zero-order chi connectivity index (χ0) is 21.7. The van der Waals surface area contributed by atoms with Gasteiger partial charge in [0, 0.05) is 37.4 Å². The zero-order valence-electron chi connectivity index (χ0n) is 17.3. The summed E-state index contributed by atoms with van der Waals surface area (Å²) in [6.07, 6.45) is 0. The molecule has 0 radical (unpaired) electrons. The first-order valence-corrected chi connectivity index (χ1v) is 9.61. The van der Waals surface area contributed by atoms with Crippen molar-refractivity contribution in [3.8, 4) is 11.5 Å². The minimum Gasteiger partial charge on any atom is -0.496 e. The number of hydrogen-bond acceptors (Lipinski definition) is 6. The highest BCUT2D eigenvalue weighted by molar-refractivity contribution is 5.92. The molecule has 1 saturated heterocycles. The number of amides is 1. The number of carbonyl (C=O) groups excluding carboxylic acids is 2. The Morgan fingerprint density at radius 3 is 2.07 bits per heavy atom. The number of ether oxygens (including phenoxy) is 3. The molecule has 3 rings (SSSR count). The van der Waals surface area contributed by atoms with Crippen LogP contribution in [0.4, 0.5) is 10.1 Å². The van der Waals surface area contributed by atoms with Crippen molar-refractivity contribution in [2.45, 2.75) is 6.92 Å². The van der Waals surface area contributed by atoms with Crippen molar-refractivity contribution in [3.05, 3.63) is 53.3 Å². The number of methoxy groups -OCH3 is 2. The maximum atomic E-state index is 13.1. The van der Waals surface area contributed by atoms with Gasteiger partial charge in [-0.25, -0.2) is 9.18 Å². The third kappa shape index (κ3) is 4.82. The van der Waals surface area contributed by atoms with Crippen LogP contribution in [0.15, 0.2) is 36.4 Å². The molecule has 1 heterocycles. The molecule has 0 N–H and O–H groups in total. The highest BCUT2D eigenvalue weighted by atomic mass is 19.1. The van der Waals surface area contributed by atoms with Crippen LogP contribution in [0.2, 0.25) is 0 Å². The summed E-state index contributed by atoms with van der Waals surface area (Å²) in [4.78, 5) is 28.6. The molecule has 0 unspecified atom stereocenters. The highest BCUT2D eigenvalue weighted by Gasteiger charge is 2.23. The molecule has 2 aromatic rings. The molecule has 30 heavy (non-hydrogen) atoms. The molecule has 8 heteroatoms. The third-order valence-corrected chi connectivity index (χ3v) is 5.14. The van der Waals surface area contributed by atoms with E-state index in [9.17, 15) is 14.0 Å². The summed E-state index contributed by atoms with van der Waals surface area (Å²) < 4.78 is 28.8. The molecule has 0 aliphatic carbocycles. The van der Waals surface area contributed by atoms with Gasteiger partial charge < -0.3 is 24.0 Å². The maximum Gasteiger partial charge on any atom is 0.338 e.